The smallest absolute Gasteiger partial charge is 0.0200 e. The van der Waals surface area contributed by atoms with Crippen molar-refractivity contribution >= 4 is 0 Å². The summed E-state index contributed by atoms with van der Waals surface area (Å²) in [6, 6.07) is 10.7. The lowest BCUT2D eigenvalue weighted by atomic mass is 9.70. The third-order valence-corrected chi connectivity index (χ3v) is 3.71. The molecule has 2 N–H and O–H groups in total. The van der Waals surface area contributed by atoms with Crippen molar-refractivity contribution in [3.8, 4) is 0 Å². The van der Waals surface area contributed by atoms with Crippen LogP contribution in [0.2, 0.25) is 0 Å². The number of hydrogen-bond donors (Lipinski definition) is 1. The van der Waals surface area contributed by atoms with Crippen molar-refractivity contribution in [1.82, 2.24) is 0 Å². The molecule has 1 aromatic carbocycles. The molecule has 0 heterocycles. The quantitative estimate of drug-likeness (QED) is 0.807. The predicted octanol–water partition coefficient (Wildman–Crippen LogP) is 3.38. The maximum atomic E-state index is 6.57. The van der Waals surface area contributed by atoms with Crippen molar-refractivity contribution < 1.29 is 0 Å². The molecular formula is C15H23N. The van der Waals surface area contributed by atoms with Gasteiger partial charge in [0.2, 0.25) is 0 Å². The molecule has 2 atom stereocenters. The van der Waals surface area contributed by atoms with E-state index in [2.05, 4.69) is 44.2 Å². The van der Waals surface area contributed by atoms with Gasteiger partial charge in [-0.15, -0.1) is 0 Å². The molecule has 1 heteroatoms. The zero-order valence-electron chi connectivity index (χ0n) is 10.4. The van der Waals surface area contributed by atoms with Crippen molar-refractivity contribution in [2.24, 2.45) is 17.6 Å². The van der Waals surface area contributed by atoms with E-state index in [1.807, 2.05) is 0 Å². The maximum Gasteiger partial charge on any atom is 0.0200 e. The van der Waals surface area contributed by atoms with Crippen LogP contribution in [-0.4, -0.2) is 5.54 Å². The Morgan fingerprint density at radius 1 is 1.12 bits per heavy atom. The summed E-state index contributed by atoms with van der Waals surface area (Å²) >= 11 is 0. The Bertz CT molecular complexity index is 321. The van der Waals surface area contributed by atoms with Gasteiger partial charge in [0.15, 0.2) is 0 Å². The van der Waals surface area contributed by atoms with Crippen molar-refractivity contribution in [3.05, 3.63) is 35.9 Å². The Hall–Kier alpha value is -0.820. The predicted molar refractivity (Wildman–Crippen MR) is 69.2 cm³/mol. The molecule has 1 nitrogen and oxygen atoms in total. The second-order valence-corrected chi connectivity index (χ2v) is 5.88. The minimum atomic E-state index is 0.0262. The first kappa shape index (κ1) is 11.7. The SMILES string of the molecule is CC1CC(C)CC(N)(Cc2ccccc2)C1. The highest BCUT2D eigenvalue weighted by molar-refractivity contribution is 5.18. The van der Waals surface area contributed by atoms with Crippen LogP contribution in [0.3, 0.4) is 0 Å². The summed E-state index contributed by atoms with van der Waals surface area (Å²) in [5.41, 5.74) is 7.98. The van der Waals surface area contributed by atoms with E-state index in [1.165, 1.54) is 24.8 Å². The maximum absolute atomic E-state index is 6.57. The molecular weight excluding hydrogens is 194 g/mol. The minimum Gasteiger partial charge on any atom is -0.325 e. The first-order valence-corrected chi connectivity index (χ1v) is 6.40. The van der Waals surface area contributed by atoms with Gasteiger partial charge in [-0.25, -0.2) is 0 Å². The molecule has 1 aliphatic carbocycles. The lowest BCUT2D eigenvalue weighted by molar-refractivity contribution is 0.182. The molecule has 2 unspecified atom stereocenters. The zero-order chi connectivity index (χ0) is 11.6. The second-order valence-electron chi connectivity index (χ2n) is 5.88. The van der Waals surface area contributed by atoms with Crippen LogP contribution in [0.1, 0.15) is 38.7 Å². The molecule has 88 valence electrons. The summed E-state index contributed by atoms with van der Waals surface area (Å²) in [6.45, 7) is 4.67. The van der Waals surface area contributed by atoms with Crippen molar-refractivity contribution in [3.63, 3.8) is 0 Å². The molecule has 1 aromatic rings. The van der Waals surface area contributed by atoms with Gasteiger partial charge in [0.25, 0.3) is 0 Å². The third-order valence-electron chi connectivity index (χ3n) is 3.71. The highest BCUT2D eigenvalue weighted by atomic mass is 14.7. The van der Waals surface area contributed by atoms with E-state index in [-0.39, 0.29) is 5.54 Å². The van der Waals surface area contributed by atoms with E-state index < -0.39 is 0 Å². The van der Waals surface area contributed by atoms with Crippen LogP contribution in [0.15, 0.2) is 30.3 Å². The average molecular weight is 217 g/mol. The second kappa shape index (κ2) is 4.58. The number of benzene rings is 1. The Morgan fingerprint density at radius 3 is 2.25 bits per heavy atom. The van der Waals surface area contributed by atoms with Gasteiger partial charge in [0.1, 0.15) is 0 Å². The van der Waals surface area contributed by atoms with E-state index in [4.69, 9.17) is 5.73 Å². The number of nitrogens with two attached hydrogens (primary N) is 1. The van der Waals surface area contributed by atoms with E-state index in [1.54, 1.807) is 0 Å². The van der Waals surface area contributed by atoms with Gasteiger partial charge >= 0.3 is 0 Å². The summed E-state index contributed by atoms with van der Waals surface area (Å²) in [6.07, 6.45) is 4.72. The summed E-state index contributed by atoms with van der Waals surface area (Å²) < 4.78 is 0. The van der Waals surface area contributed by atoms with E-state index in [0.717, 1.165) is 18.3 Å². The van der Waals surface area contributed by atoms with Crippen LogP contribution in [0.25, 0.3) is 0 Å². The van der Waals surface area contributed by atoms with E-state index in [0.29, 0.717) is 0 Å². The van der Waals surface area contributed by atoms with Gasteiger partial charge < -0.3 is 5.73 Å². The standard InChI is InChI=1S/C15H23N/c1-12-8-13(2)10-15(16,9-12)11-14-6-4-3-5-7-14/h3-7,12-13H,8-11,16H2,1-2H3. The molecule has 16 heavy (non-hydrogen) atoms. The topological polar surface area (TPSA) is 26.0 Å². The summed E-state index contributed by atoms with van der Waals surface area (Å²) in [7, 11) is 0. The van der Waals surface area contributed by atoms with Gasteiger partial charge in [-0.2, -0.15) is 0 Å². The summed E-state index contributed by atoms with van der Waals surface area (Å²) in [5, 5.41) is 0. The fraction of sp³-hybridized carbons (Fsp3) is 0.600. The Kier molecular flexibility index (Phi) is 3.34. The van der Waals surface area contributed by atoms with Crippen LogP contribution < -0.4 is 5.73 Å². The van der Waals surface area contributed by atoms with Crippen LogP contribution in [0, 0.1) is 11.8 Å². The largest absolute Gasteiger partial charge is 0.325 e. The van der Waals surface area contributed by atoms with Crippen LogP contribution >= 0.6 is 0 Å². The van der Waals surface area contributed by atoms with Gasteiger partial charge in [-0.05, 0) is 43.1 Å². The molecule has 1 aliphatic rings. The molecule has 0 aromatic heterocycles. The lowest BCUT2D eigenvalue weighted by Gasteiger charge is -2.40. The van der Waals surface area contributed by atoms with E-state index >= 15 is 0 Å². The Labute approximate surface area is 99.0 Å². The van der Waals surface area contributed by atoms with Crippen molar-refractivity contribution in [2.45, 2.75) is 45.1 Å². The molecule has 0 bridgehead atoms. The monoisotopic (exact) mass is 217 g/mol. The lowest BCUT2D eigenvalue weighted by Crippen LogP contribution is -2.48. The Morgan fingerprint density at radius 2 is 1.69 bits per heavy atom. The van der Waals surface area contributed by atoms with Crippen molar-refractivity contribution in [1.29, 1.82) is 0 Å². The molecule has 0 saturated heterocycles. The van der Waals surface area contributed by atoms with Crippen LogP contribution in [-0.2, 0) is 6.42 Å². The summed E-state index contributed by atoms with van der Waals surface area (Å²) in [5.74, 6) is 1.55. The molecule has 1 saturated carbocycles. The fourth-order valence-electron chi connectivity index (χ4n) is 3.47. The number of rotatable bonds is 2. The third kappa shape index (κ3) is 2.85. The van der Waals surface area contributed by atoms with Gasteiger partial charge in [0, 0.05) is 5.54 Å². The van der Waals surface area contributed by atoms with Gasteiger partial charge in [0.05, 0.1) is 0 Å². The Balaban J connectivity index is 2.07. The first-order valence-electron chi connectivity index (χ1n) is 6.40. The average Bonchev–Trinajstić information content (AvgIpc) is 2.15. The number of hydrogen-bond acceptors (Lipinski definition) is 1. The zero-order valence-corrected chi connectivity index (χ0v) is 10.4. The van der Waals surface area contributed by atoms with E-state index in [9.17, 15) is 0 Å². The van der Waals surface area contributed by atoms with Crippen molar-refractivity contribution in [2.75, 3.05) is 0 Å². The van der Waals surface area contributed by atoms with Crippen LogP contribution in [0.4, 0.5) is 0 Å². The molecule has 0 aliphatic heterocycles. The first-order chi connectivity index (χ1) is 7.57. The molecule has 1 fully saturated rings. The molecule has 0 amide bonds. The highest BCUT2D eigenvalue weighted by Crippen LogP contribution is 2.36. The molecule has 2 rings (SSSR count). The van der Waals surface area contributed by atoms with Crippen LogP contribution in [0.5, 0.6) is 0 Å². The normalized spacial score (nSPS) is 34.9. The van der Waals surface area contributed by atoms with Gasteiger partial charge in [-0.3, -0.25) is 0 Å². The highest BCUT2D eigenvalue weighted by Gasteiger charge is 2.34. The summed E-state index contributed by atoms with van der Waals surface area (Å²) in [4.78, 5) is 0. The molecule has 0 spiro atoms. The molecule has 0 radical (unpaired) electrons. The minimum absolute atomic E-state index is 0.0262. The van der Waals surface area contributed by atoms with Gasteiger partial charge in [-0.1, -0.05) is 44.2 Å². The fourth-order valence-corrected chi connectivity index (χ4v) is 3.47.